The Balaban J connectivity index is 1.49. The van der Waals surface area contributed by atoms with Crippen LogP contribution in [-0.2, 0) is 4.79 Å². The minimum absolute atomic E-state index is 0.131. The van der Waals surface area contributed by atoms with Crippen molar-refractivity contribution in [2.45, 2.75) is 19.8 Å². The predicted molar refractivity (Wildman–Crippen MR) is 142 cm³/mol. The molecule has 5 rings (SSSR count). The lowest BCUT2D eigenvalue weighted by Crippen LogP contribution is -2.25. The normalized spacial score (nSPS) is 13.9. The van der Waals surface area contributed by atoms with Crippen molar-refractivity contribution >= 4 is 23.2 Å². The number of benzene rings is 2. The maximum absolute atomic E-state index is 12.4. The van der Waals surface area contributed by atoms with E-state index in [1.165, 1.54) is 12.8 Å². The number of aromatic nitrogens is 5. The van der Waals surface area contributed by atoms with E-state index in [4.69, 9.17) is 14.6 Å². The number of H-pyrrole nitrogens is 2. The highest BCUT2D eigenvalue weighted by Gasteiger charge is 2.15. The molecule has 4 aromatic rings. The van der Waals surface area contributed by atoms with Gasteiger partial charge in [0.2, 0.25) is 0 Å². The molecule has 11 heteroatoms. The van der Waals surface area contributed by atoms with Crippen LogP contribution in [0.2, 0.25) is 0 Å². The molecule has 38 heavy (non-hydrogen) atoms. The first-order valence-corrected chi connectivity index (χ1v) is 12.5. The molecular formula is C27H28N6O5. The Bertz CT molecular complexity index is 1540. The first-order valence-electron chi connectivity index (χ1n) is 12.5. The monoisotopic (exact) mass is 516 g/mol. The van der Waals surface area contributed by atoms with Gasteiger partial charge in [-0.15, -0.1) is 5.10 Å². The van der Waals surface area contributed by atoms with Crippen molar-refractivity contribution in [3.8, 4) is 34.0 Å². The molecule has 0 amide bonds. The van der Waals surface area contributed by atoms with Crippen LogP contribution in [0.25, 0.3) is 39.8 Å². The van der Waals surface area contributed by atoms with Gasteiger partial charge in [-0.1, -0.05) is 11.3 Å². The molecule has 0 atom stereocenters. The Morgan fingerprint density at radius 1 is 1.13 bits per heavy atom. The number of hydrogen-bond acceptors (Lipinski definition) is 8. The summed E-state index contributed by atoms with van der Waals surface area (Å²) in [6.07, 6.45) is 5.07. The van der Waals surface area contributed by atoms with E-state index in [9.17, 15) is 9.59 Å². The first kappa shape index (κ1) is 25.2. The highest BCUT2D eigenvalue weighted by Crippen LogP contribution is 2.35. The van der Waals surface area contributed by atoms with Gasteiger partial charge in [0.25, 0.3) is 5.56 Å². The molecule has 1 aliphatic rings. The molecule has 2 aromatic carbocycles. The van der Waals surface area contributed by atoms with Crippen LogP contribution in [0.4, 0.5) is 0 Å². The largest absolute Gasteiger partial charge is 0.493 e. The number of carboxylic acids is 1. The molecule has 0 saturated carbocycles. The molecule has 1 saturated heterocycles. The Morgan fingerprint density at radius 3 is 2.76 bits per heavy atom. The van der Waals surface area contributed by atoms with Crippen LogP contribution in [-0.4, -0.2) is 74.2 Å². The van der Waals surface area contributed by atoms with E-state index in [-0.39, 0.29) is 11.2 Å². The van der Waals surface area contributed by atoms with Crippen LogP contribution in [0, 0.1) is 0 Å². The molecule has 0 unspecified atom stereocenters. The molecule has 1 fully saturated rings. The second kappa shape index (κ2) is 11.3. The zero-order valence-corrected chi connectivity index (χ0v) is 20.9. The fraction of sp³-hybridized carbons (Fsp3) is 0.296. The molecular weight excluding hydrogens is 488 g/mol. The number of nitrogens with zero attached hydrogens (tertiary/aromatic N) is 4. The first-order chi connectivity index (χ1) is 18.5. The number of aliphatic carboxylic acids is 1. The van der Waals surface area contributed by atoms with E-state index in [1.807, 2.05) is 43.3 Å². The fourth-order valence-corrected chi connectivity index (χ4v) is 4.49. The Labute approximate surface area is 218 Å². The summed E-state index contributed by atoms with van der Waals surface area (Å²) in [6, 6.07) is 11.2. The summed E-state index contributed by atoms with van der Waals surface area (Å²) in [5.74, 6) is 0.480. The number of ether oxygens (including phenoxy) is 2. The van der Waals surface area contributed by atoms with Crippen molar-refractivity contribution in [3.63, 3.8) is 0 Å². The van der Waals surface area contributed by atoms with Crippen LogP contribution in [0.1, 0.15) is 25.3 Å². The van der Waals surface area contributed by atoms with Crippen molar-refractivity contribution in [1.29, 1.82) is 0 Å². The molecule has 0 radical (unpaired) electrons. The molecule has 196 valence electrons. The number of fused-ring (bicyclic) bond motifs is 1. The summed E-state index contributed by atoms with van der Waals surface area (Å²) < 4.78 is 12.0. The number of hydrogen-bond donors (Lipinski definition) is 3. The SMILES string of the molecule is CCOc1cc(-c2cc(/C=C/C(=O)O)cc(OCCN3CCCC3)c2)ccc1-c1nc2[nH]nnc2c(=O)[nH]1. The summed E-state index contributed by atoms with van der Waals surface area (Å²) in [5.41, 5.74) is 2.98. The van der Waals surface area contributed by atoms with Gasteiger partial charge in [0.05, 0.1) is 12.2 Å². The second-order valence-electron chi connectivity index (χ2n) is 8.93. The van der Waals surface area contributed by atoms with Crippen molar-refractivity contribution in [2.75, 3.05) is 32.8 Å². The van der Waals surface area contributed by atoms with E-state index in [1.54, 1.807) is 6.08 Å². The zero-order chi connectivity index (χ0) is 26.5. The smallest absolute Gasteiger partial charge is 0.328 e. The number of aromatic amines is 2. The van der Waals surface area contributed by atoms with E-state index >= 15 is 0 Å². The van der Waals surface area contributed by atoms with Gasteiger partial charge in [0.1, 0.15) is 23.9 Å². The van der Waals surface area contributed by atoms with Gasteiger partial charge >= 0.3 is 5.97 Å². The summed E-state index contributed by atoms with van der Waals surface area (Å²) in [4.78, 5) is 33.1. The van der Waals surface area contributed by atoms with Crippen LogP contribution in [0.3, 0.4) is 0 Å². The average Bonchev–Trinajstić information content (AvgIpc) is 3.60. The van der Waals surface area contributed by atoms with E-state index in [0.717, 1.165) is 36.8 Å². The Morgan fingerprint density at radius 2 is 1.97 bits per heavy atom. The molecule has 11 nitrogen and oxygen atoms in total. The lowest BCUT2D eigenvalue weighted by atomic mass is 10.00. The average molecular weight is 517 g/mol. The predicted octanol–water partition coefficient (Wildman–Crippen LogP) is 3.35. The van der Waals surface area contributed by atoms with Crippen molar-refractivity contribution in [2.24, 2.45) is 0 Å². The van der Waals surface area contributed by atoms with E-state index in [0.29, 0.717) is 41.7 Å². The molecule has 0 spiro atoms. The number of nitrogens with one attached hydrogen (secondary N) is 2. The lowest BCUT2D eigenvalue weighted by Gasteiger charge is -2.16. The van der Waals surface area contributed by atoms with Crippen molar-refractivity contribution in [1.82, 2.24) is 30.3 Å². The van der Waals surface area contributed by atoms with Crippen LogP contribution < -0.4 is 15.0 Å². The van der Waals surface area contributed by atoms with Crippen molar-refractivity contribution in [3.05, 3.63) is 58.4 Å². The van der Waals surface area contributed by atoms with Gasteiger partial charge in [0.15, 0.2) is 11.2 Å². The number of rotatable bonds is 10. The maximum Gasteiger partial charge on any atom is 0.328 e. The maximum atomic E-state index is 12.4. The fourth-order valence-electron chi connectivity index (χ4n) is 4.49. The minimum Gasteiger partial charge on any atom is -0.493 e. The van der Waals surface area contributed by atoms with E-state index in [2.05, 4.69) is 30.3 Å². The van der Waals surface area contributed by atoms with Gasteiger partial charge in [-0.2, -0.15) is 0 Å². The van der Waals surface area contributed by atoms with Gasteiger partial charge < -0.3 is 19.6 Å². The quantitative estimate of drug-likeness (QED) is 0.270. The molecule has 1 aliphatic heterocycles. The molecule has 0 bridgehead atoms. The molecule has 3 N–H and O–H groups in total. The molecule has 2 aromatic heterocycles. The third kappa shape index (κ3) is 5.73. The van der Waals surface area contributed by atoms with Crippen LogP contribution >= 0.6 is 0 Å². The highest BCUT2D eigenvalue weighted by atomic mass is 16.5. The van der Waals surface area contributed by atoms with Crippen molar-refractivity contribution < 1.29 is 19.4 Å². The van der Waals surface area contributed by atoms with Crippen LogP contribution in [0.15, 0.2) is 47.3 Å². The topological polar surface area (TPSA) is 146 Å². The molecule has 0 aliphatic carbocycles. The Hall–Kier alpha value is -4.51. The number of carbonyl (C=O) groups is 1. The third-order valence-corrected chi connectivity index (χ3v) is 6.29. The number of carboxylic acid groups (broad SMARTS) is 1. The Kier molecular flexibility index (Phi) is 7.45. The van der Waals surface area contributed by atoms with E-state index < -0.39 is 11.5 Å². The van der Waals surface area contributed by atoms with Gasteiger partial charge in [-0.25, -0.2) is 14.9 Å². The highest BCUT2D eigenvalue weighted by molar-refractivity contribution is 5.86. The third-order valence-electron chi connectivity index (χ3n) is 6.29. The number of likely N-dealkylation sites (tertiary alicyclic amines) is 1. The summed E-state index contributed by atoms with van der Waals surface area (Å²) in [5, 5.41) is 19.1. The van der Waals surface area contributed by atoms with Crippen LogP contribution in [0.5, 0.6) is 11.5 Å². The summed E-state index contributed by atoms with van der Waals surface area (Å²) in [6.45, 7) is 5.84. The zero-order valence-electron chi connectivity index (χ0n) is 20.9. The van der Waals surface area contributed by atoms with Gasteiger partial charge in [-0.3, -0.25) is 9.69 Å². The van der Waals surface area contributed by atoms with Gasteiger partial charge in [-0.05, 0) is 86.0 Å². The lowest BCUT2D eigenvalue weighted by molar-refractivity contribution is -0.131. The second-order valence-corrected chi connectivity index (χ2v) is 8.93. The standard InChI is InChI=1S/C27H28N6O5/c1-2-37-22-16-18(6-7-21(22)25-28-26-24(27(36)29-25)30-32-31-26)19-13-17(5-8-23(34)35)14-20(15-19)38-12-11-33-9-3-4-10-33/h5-8,13-16H,2-4,9-12H2,1H3,(H,34,35)(H2,28,29,30,31,32,36)/b8-5+. The van der Waals surface area contributed by atoms with Gasteiger partial charge in [0, 0.05) is 12.6 Å². The summed E-state index contributed by atoms with van der Waals surface area (Å²) in [7, 11) is 0. The molecule has 3 heterocycles. The summed E-state index contributed by atoms with van der Waals surface area (Å²) >= 11 is 0. The minimum atomic E-state index is -1.03.